The lowest BCUT2D eigenvalue weighted by Gasteiger charge is -2.30. The van der Waals surface area contributed by atoms with Gasteiger partial charge >= 0.3 is 0 Å². The maximum Gasteiger partial charge on any atom is 0.290 e. The summed E-state index contributed by atoms with van der Waals surface area (Å²) in [6, 6.07) is 15.2. The zero-order valence-corrected chi connectivity index (χ0v) is 26.7. The number of aryl methyl sites for hydroxylation is 2. The second-order valence-corrected chi connectivity index (χ2v) is 12.2. The van der Waals surface area contributed by atoms with Gasteiger partial charge in [-0.15, -0.1) is 0 Å². The molecule has 3 aromatic rings. The van der Waals surface area contributed by atoms with Crippen molar-refractivity contribution in [2.24, 2.45) is 24.6 Å². The smallest absolute Gasteiger partial charge is 0.290 e. The number of hydrogen-bond donors (Lipinski definition) is 4. The summed E-state index contributed by atoms with van der Waals surface area (Å²) in [5.74, 6) is 1.68. The average molecular weight is 601 g/mol. The number of nitrogens with two attached hydrogens (primary N) is 1. The van der Waals surface area contributed by atoms with Crippen LogP contribution >= 0.6 is 12.8 Å². The lowest BCUT2D eigenvalue weighted by atomic mass is 9.77. The number of imidazole rings is 1. The number of thiol groups is 1. The van der Waals surface area contributed by atoms with Gasteiger partial charge in [-0.1, -0.05) is 68.8 Å². The van der Waals surface area contributed by atoms with Gasteiger partial charge in [0, 0.05) is 13.0 Å². The standard InChI is InChI=1S/C22H25N3O.C9H17F.CH5NS.CH2O2/c1-14-24-20-13-18(10-11-21(20)25(14)2)16-8-6-15(7-9-16)17-4-3-5-19(12-17)22(23)26;1-9(2,10)8-6-4-3-5-7-8;1-2-3;2-1-3/h6-11,13,17,19H,3-5,12H2,1-2H3,(H2,23,26);8H,3-7H2,1-2H3;2-3H,1H3;1H,(H,2,3). The summed E-state index contributed by atoms with van der Waals surface area (Å²) in [5, 5.41) is 6.89. The number of hydrogen-bond acceptors (Lipinski definition) is 5. The minimum Gasteiger partial charge on any atom is -0.483 e. The molecular formula is C33H49FN4O3S. The molecule has 2 unspecified atom stereocenters. The molecule has 0 radical (unpaired) electrons. The number of amides is 1. The molecule has 5 rings (SSSR count). The molecule has 0 bridgehead atoms. The molecule has 2 aromatic carbocycles. The second-order valence-electron chi connectivity index (χ2n) is 11.7. The molecule has 4 N–H and O–H groups in total. The molecule has 2 aliphatic rings. The lowest BCUT2D eigenvalue weighted by Crippen LogP contribution is -2.27. The van der Waals surface area contributed by atoms with Crippen molar-refractivity contribution >= 4 is 36.2 Å². The lowest BCUT2D eigenvalue weighted by molar-refractivity contribution is -0.123. The van der Waals surface area contributed by atoms with Crippen molar-refractivity contribution in [3.05, 3.63) is 53.9 Å². The van der Waals surface area contributed by atoms with E-state index in [0.29, 0.717) is 11.8 Å². The number of fused-ring (bicyclic) bond motifs is 1. The van der Waals surface area contributed by atoms with Crippen LogP contribution in [0.4, 0.5) is 4.39 Å². The largest absolute Gasteiger partial charge is 0.483 e. The number of carbonyl (C=O) groups excluding carboxylic acids is 1. The van der Waals surface area contributed by atoms with Gasteiger partial charge < -0.3 is 15.4 Å². The van der Waals surface area contributed by atoms with Crippen molar-refractivity contribution in [3.63, 3.8) is 0 Å². The molecule has 2 fully saturated rings. The Morgan fingerprint density at radius 2 is 1.64 bits per heavy atom. The Labute approximate surface area is 256 Å². The number of alkyl halides is 1. The van der Waals surface area contributed by atoms with Crippen LogP contribution in [-0.4, -0.2) is 39.8 Å². The van der Waals surface area contributed by atoms with Gasteiger partial charge in [-0.25, -0.2) is 9.37 Å². The van der Waals surface area contributed by atoms with E-state index in [0.717, 1.165) is 55.4 Å². The SMILES string of the molecule is CC(C)(F)C1CCCCC1.CNS.Cc1nc2cc(-c3ccc(C4CCCC(C(N)=O)C4)cc3)ccc2n1C.O=CO. The molecule has 0 spiro atoms. The van der Waals surface area contributed by atoms with Crippen molar-refractivity contribution in [2.45, 2.75) is 90.1 Å². The van der Waals surface area contributed by atoms with E-state index in [1.165, 1.54) is 36.0 Å². The van der Waals surface area contributed by atoms with Gasteiger partial charge in [-0.05, 0) is 101 Å². The highest BCUT2D eigenvalue weighted by Gasteiger charge is 2.29. The summed E-state index contributed by atoms with van der Waals surface area (Å²) >= 11 is 3.54. The maximum atomic E-state index is 13.3. The molecule has 1 aromatic heterocycles. The summed E-state index contributed by atoms with van der Waals surface area (Å²) < 4.78 is 17.8. The zero-order valence-electron chi connectivity index (χ0n) is 25.8. The number of carbonyl (C=O) groups is 2. The average Bonchev–Trinajstić information content (AvgIpc) is 3.26. The van der Waals surface area contributed by atoms with Crippen LogP contribution in [0.15, 0.2) is 42.5 Å². The van der Waals surface area contributed by atoms with Crippen LogP contribution in [0.1, 0.15) is 88.9 Å². The highest BCUT2D eigenvalue weighted by molar-refractivity contribution is 7.78. The number of halogens is 1. The Morgan fingerprint density at radius 3 is 2.17 bits per heavy atom. The van der Waals surface area contributed by atoms with Crippen LogP contribution in [0.2, 0.25) is 0 Å². The molecule has 0 aliphatic heterocycles. The van der Waals surface area contributed by atoms with E-state index in [1.807, 2.05) is 14.0 Å². The van der Waals surface area contributed by atoms with E-state index in [2.05, 4.69) is 69.6 Å². The number of rotatable bonds is 4. The summed E-state index contributed by atoms with van der Waals surface area (Å²) in [4.78, 5) is 24.5. The van der Waals surface area contributed by atoms with Gasteiger partial charge in [0.05, 0.1) is 11.0 Å². The van der Waals surface area contributed by atoms with Gasteiger partial charge in [0.1, 0.15) is 11.5 Å². The molecule has 1 amide bonds. The monoisotopic (exact) mass is 600 g/mol. The number of nitrogens with one attached hydrogen (secondary N) is 1. The Hall–Kier alpha value is -2.91. The van der Waals surface area contributed by atoms with E-state index in [-0.39, 0.29) is 18.3 Å². The van der Waals surface area contributed by atoms with Gasteiger partial charge in [0.15, 0.2) is 0 Å². The van der Waals surface area contributed by atoms with E-state index in [1.54, 1.807) is 20.9 Å². The van der Waals surface area contributed by atoms with E-state index >= 15 is 0 Å². The third-order valence-corrected chi connectivity index (χ3v) is 8.47. The minimum atomic E-state index is -0.930. The van der Waals surface area contributed by atoms with E-state index in [9.17, 15) is 9.18 Å². The molecule has 2 atom stereocenters. The summed E-state index contributed by atoms with van der Waals surface area (Å²) in [7, 11) is 3.78. The highest BCUT2D eigenvalue weighted by Crippen LogP contribution is 2.37. The first-order chi connectivity index (χ1) is 20.0. The molecule has 0 saturated heterocycles. The molecule has 42 heavy (non-hydrogen) atoms. The summed E-state index contributed by atoms with van der Waals surface area (Å²) in [5.41, 5.74) is 10.5. The predicted molar refractivity (Wildman–Crippen MR) is 173 cm³/mol. The Morgan fingerprint density at radius 1 is 1.07 bits per heavy atom. The first kappa shape index (κ1) is 35.3. The molecular weight excluding hydrogens is 551 g/mol. The predicted octanol–water partition coefficient (Wildman–Crippen LogP) is 7.37. The van der Waals surface area contributed by atoms with Gasteiger partial charge in [-0.3, -0.25) is 14.3 Å². The number of primary amides is 1. The van der Waals surface area contributed by atoms with E-state index < -0.39 is 5.67 Å². The topological polar surface area (TPSA) is 110 Å². The van der Waals surface area contributed by atoms with Crippen LogP contribution in [0, 0.1) is 18.8 Å². The number of benzene rings is 2. The van der Waals surface area contributed by atoms with Gasteiger partial charge in [-0.2, -0.15) is 0 Å². The van der Waals surface area contributed by atoms with Gasteiger partial charge in [0.2, 0.25) is 5.91 Å². The highest BCUT2D eigenvalue weighted by atomic mass is 32.1. The fourth-order valence-electron chi connectivity index (χ4n) is 5.99. The number of aromatic nitrogens is 2. The van der Waals surface area contributed by atoms with Crippen LogP contribution in [0.25, 0.3) is 22.2 Å². The van der Waals surface area contributed by atoms with Crippen LogP contribution < -0.4 is 10.5 Å². The summed E-state index contributed by atoms with van der Waals surface area (Å²) in [6.07, 6.45) is 10.0. The summed E-state index contributed by atoms with van der Waals surface area (Å²) in [6.45, 7) is 5.20. The molecule has 1 heterocycles. The molecule has 9 heteroatoms. The van der Waals surface area contributed by atoms with Crippen molar-refractivity contribution in [2.75, 3.05) is 7.05 Å². The molecule has 232 valence electrons. The Balaban J connectivity index is 0.000000319. The van der Waals surface area contributed by atoms with Crippen LogP contribution in [0.5, 0.6) is 0 Å². The van der Waals surface area contributed by atoms with Crippen molar-refractivity contribution in [1.29, 1.82) is 0 Å². The molecule has 2 aliphatic carbocycles. The third-order valence-electron chi connectivity index (χ3n) is 8.47. The van der Waals surface area contributed by atoms with Crippen molar-refractivity contribution in [1.82, 2.24) is 14.3 Å². The van der Waals surface area contributed by atoms with Crippen LogP contribution in [-0.2, 0) is 16.6 Å². The quantitative estimate of drug-likeness (QED) is 0.185. The van der Waals surface area contributed by atoms with Crippen molar-refractivity contribution < 1.29 is 19.1 Å². The van der Waals surface area contributed by atoms with Crippen LogP contribution in [0.3, 0.4) is 0 Å². The van der Waals surface area contributed by atoms with E-state index in [4.69, 9.17) is 15.6 Å². The maximum absolute atomic E-state index is 13.3. The third kappa shape index (κ3) is 10.4. The molecule has 7 nitrogen and oxygen atoms in total. The fourth-order valence-corrected chi connectivity index (χ4v) is 5.99. The Kier molecular flexibility index (Phi) is 14.5. The van der Waals surface area contributed by atoms with Gasteiger partial charge in [0.25, 0.3) is 6.47 Å². The Bertz CT molecular complexity index is 1250. The number of carboxylic acid groups (broad SMARTS) is 1. The zero-order chi connectivity index (χ0) is 31.3. The normalized spacial score (nSPS) is 18.8. The molecule has 2 saturated carbocycles. The second kappa shape index (κ2) is 17.3. The first-order valence-electron chi connectivity index (χ1n) is 14.9. The van der Waals surface area contributed by atoms with Crippen molar-refractivity contribution in [3.8, 4) is 11.1 Å². The first-order valence-corrected chi connectivity index (χ1v) is 15.3. The number of nitrogens with zero attached hydrogens (tertiary/aromatic N) is 2. The minimum absolute atomic E-state index is 0.0308. The fraction of sp³-hybridized carbons (Fsp3) is 0.545.